The largest absolute Gasteiger partial charge is 0.205 e. The molecule has 0 saturated heterocycles. The molecule has 0 aromatic heterocycles. The van der Waals surface area contributed by atoms with E-state index < -0.39 is 0 Å². The first-order valence-corrected chi connectivity index (χ1v) is 6.93. The van der Waals surface area contributed by atoms with Gasteiger partial charge >= 0.3 is 0 Å². The van der Waals surface area contributed by atoms with Gasteiger partial charge in [0.2, 0.25) is 0 Å². The molecule has 3 heteroatoms. The third-order valence-electron chi connectivity index (χ3n) is 3.16. The third kappa shape index (κ3) is 3.49. The van der Waals surface area contributed by atoms with E-state index in [9.17, 15) is 4.39 Å². The maximum atomic E-state index is 14.0. The molecule has 19 heavy (non-hydrogen) atoms. The molecule has 0 aliphatic heterocycles. The summed E-state index contributed by atoms with van der Waals surface area (Å²) >= 11 is 11.9. The second kappa shape index (κ2) is 5.94. The van der Waals surface area contributed by atoms with Crippen molar-refractivity contribution in [3.05, 3.63) is 69.0 Å². The van der Waals surface area contributed by atoms with Gasteiger partial charge in [-0.25, -0.2) is 4.39 Å². The number of benzene rings is 2. The molecule has 0 bridgehead atoms. The van der Waals surface area contributed by atoms with Crippen molar-refractivity contribution in [1.29, 1.82) is 0 Å². The number of aryl methyl sites for hydroxylation is 1. The van der Waals surface area contributed by atoms with Gasteiger partial charge in [-0.15, -0.1) is 0 Å². The van der Waals surface area contributed by atoms with Crippen LogP contribution in [0.15, 0.2) is 36.4 Å². The van der Waals surface area contributed by atoms with Crippen LogP contribution in [0.25, 0.3) is 0 Å². The second-order valence-electron chi connectivity index (χ2n) is 4.89. The van der Waals surface area contributed by atoms with Crippen LogP contribution in [-0.2, 0) is 6.42 Å². The van der Waals surface area contributed by atoms with E-state index >= 15 is 0 Å². The van der Waals surface area contributed by atoms with Crippen molar-refractivity contribution in [2.24, 2.45) is 0 Å². The van der Waals surface area contributed by atoms with Crippen LogP contribution >= 0.6 is 23.2 Å². The van der Waals surface area contributed by atoms with Crippen molar-refractivity contribution in [3.8, 4) is 0 Å². The lowest BCUT2D eigenvalue weighted by molar-refractivity contribution is 0.588. The summed E-state index contributed by atoms with van der Waals surface area (Å²) in [6, 6.07) is 11.0. The SMILES string of the molecule is Cc1cc(Cl)cc(CC(C)c2cccc(Cl)c2F)c1. The number of hydrogen-bond acceptors (Lipinski definition) is 0. The smallest absolute Gasteiger partial charge is 0.145 e. The Morgan fingerprint density at radius 3 is 2.58 bits per heavy atom. The van der Waals surface area contributed by atoms with Crippen molar-refractivity contribution in [1.82, 2.24) is 0 Å². The zero-order valence-corrected chi connectivity index (χ0v) is 12.4. The fourth-order valence-electron chi connectivity index (χ4n) is 2.29. The molecule has 1 atom stereocenters. The molecule has 0 amide bonds. The van der Waals surface area contributed by atoms with E-state index in [-0.39, 0.29) is 16.8 Å². The Labute approximate surface area is 123 Å². The molecule has 100 valence electrons. The molecular formula is C16H15Cl2F. The van der Waals surface area contributed by atoms with Gasteiger partial charge in [-0.05, 0) is 54.2 Å². The Kier molecular flexibility index (Phi) is 4.49. The normalized spacial score (nSPS) is 12.5. The highest BCUT2D eigenvalue weighted by atomic mass is 35.5. The average Bonchev–Trinajstić information content (AvgIpc) is 2.31. The highest BCUT2D eigenvalue weighted by Crippen LogP contribution is 2.28. The summed E-state index contributed by atoms with van der Waals surface area (Å²) < 4.78 is 14.0. The summed E-state index contributed by atoms with van der Waals surface area (Å²) in [4.78, 5) is 0. The molecule has 0 radical (unpaired) electrons. The molecule has 0 spiro atoms. The zero-order valence-electron chi connectivity index (χ0n) is 10.9. The van der Waals surface area contributed by atoms with Crippen LogP contribution < -0.4 is 0 Å². The van der Waals surface area contributed by atoms with Crippen LogP contribution in [0, 0.1) is 12.7 Å². The topological polar surface area (TPSA) is 0 Å². The van der Waals surface area contributed by atoms with E-state index in [1.165, 1.54) is 0 Å². The number of halogens is 3. The van der Waals surface area contributed by atoms with Gasteiger partial charge in [0.25, 0.3) is 0 Å². The summed E-state index contributed by atoms with van der Waals surface area (Å²) in [7, 11) is 0. The van der Waals surface area contributed by atoms with Gasteiger partial charge in [0.1, 0.15) is 5.82 Å². The Morgan fingerprint density at radius 2 is 1.89 bits per heavy atom. The lowest BCUT2D eigenvalue weighted by Gasteiger charge is -2.14. The first kappa shape index (κ1) is 14.4. The maximum absolute atomic E-state index is 14.0. The molecule has 0 saturated carbocycles. The van der Waals surface area contributed by atoms with Gasteiger partial charge < -0.3 is 0 Å². The standard InChI is InChI=1S/C16H15Cl2F/c1-10-6-12(9-13(17)7-10)8-11(2)14-4-3-5-15(18)16(14)19/h3-7,9,11H,8H2,1-2H3. The Bertz CT molecular complexity index is 573. The average molecular weight is 297 g/mol. The Balaban J connectivity index is 2.25. The van der Waals surface area contributed by atoms with Crippen LogP contribution in [-0.4, -0.2) is 0 Å². The van der Waals surface area contributed by atoms with Crippen molar-refractivity contribution < 1.29 is 4.39 Å². The maximum Gasteiger partial charge on any atom is 0.145 e. The third-order valence-corrected chi connectivity index (χ3v) is 3.67. The summed E-state index contributed by atoms with van der Waals surface area (Å²) in [5.74, 6) is -0.271. The lowest BCUT2D eigenvalue weighted by Crippen LogP contribution is -2.02. The molecule has 2 aromatic rings. The molecule has 0 aliphatic carbocycles. The molecule has 1 unspecified atom stereocenters. The highest BCUT2D eigenvalue weighted by molar-refractivity contribution is 6.31. The predicted molar refractivity (Wildman–Crippen MR) is 79.7 cm³/mol. The molecule has 2 rings (SSSR count). The highest BCUT2D eigenvalue weighted by Gasteiger charge is 2.14. The minimum atomic E-state index is -0.324. The van der Waals surface area contributed by atoms with Crippen LogP contribution in [0.5, 0.6) is 0 Å². The van der Waals surface area contributed by atoms with Gasteiger partial charge in [0, 0.05) is 5.02 Å². The van der Waals surface area contributed by atoms with Gasteiger partial charge in [0.15, 0.2) is 0 Å². The van der Waals surface area contributed by atoms with E-state index in [4.69, 9.17) is 23.2 Å². The molecule has 0 N–H and O–H groups in total. The van der Waals surface area contributed by atoms with E-state index in [0.717, 1.165) is 17.5 Å². The van der Waals surface area contributed by atoms with E-state index in [1.807, 2.05) is 26.0 Å². The van der Waals surface area contributed by atoms with Gasteiger partial charge in [-0.3, -0.25) is 0 Å². The minimum absolute atomic E-state index is 0.0524. The second-order valence-corrected chi connectivity index (χ2v) is 5.73. The van der Waals surface area contributed by atoms with Crippen molar-refractivity contribution in [2.45, 2.75) is 26.2 Å². The molecule has 0 fully saturated rings. The lowest BCUT2D eigenvalue weighted by atomic mass is 9.93. The van der Waals surface area contributed by atoms with Crippen molar-refractivity contribution in [2.75, 3.05) is 0 Å². The van der Waals surface area contributed by atoms with Crippen LogP contribution in [0.2, 0.25) is 10.0 Å². The van der Waals surface area contributed by atoms with Crippen molar-refractivity contribution in [3.63, 3.8) is 0 Å². The van der Waals surface area contributed by atoms with E-state index in [2.05, 4.69) is 6.07 Å². The number of hydrogen-bond donors (Lipinski definition) is 0. The molecule has 0 aliphatic rings. The molecule has 0 nitrogen and oxygen atoms in total. The van der Waals surface area contributed by atoms with Crippen LogP contribution in [0.1, 0.15) is 29.5 Å². The van der Waals surface area contributed by atoms with Gasteiger partial charge in [0.05, 0.1) is 5.02 Å². The molecular weight excluding hydrogens is 282 g/mol. The fourth-order valence-corrected chi connectivity index (χ4v) is 2.79. The van der Waals surface area contributed by atoms with E-state index in [0.29, 0.717) is 10.6 Å². The Morgan fingerprint density at radius 1 is 1.16 bits per heavy atom. The Hall–Kier alpha value is -1.05. The zero-order chi connectivity index (χ0) is 14.0. The molecule has 2 aromatic carbocycles. The van der Waals surface area contributed by atoms with E-state index in [1.54, 1.807) is 18.2 Å². The van der Waals surface area contributed by atoms with Crippen molar-refractivity contribution >= 4 is 23.2 Å². The quantitative estimate of drug-likeness (QED) is 0.673. The fraction of sp³-hybridized carbons (Fsp3) is 0.250. The summed E-state index contributed by atoms with van der Waals surface area (Å²) in [5.41, 5.74) is 2.86. The van der Waals surface area contributed by atoms with Gasteiger partial charge in [-0.2, -0.15) is 0 Å². The van der Waals surface area contributed by atoms with Gasteiger partial charge in [-0.1, -0.05) is 48.3 Å². The summed E-state index contributed by atoms with van der Waals surface area (Å²) in [6.07, 6.45) is 0.735. The van der Waals surface area contributed by atoms with Crippen LogP contribution in [0.3, 0.4) is 0 Å². The first-order valence-electron chi connectivity index (χ1n) is 6.17. The minimum Gasteiger partial charge on any atom is -0.205 e. The summed E-state index contributed by atoms with van der Waals surface area (Å²) in [6.45, 7) is 3.99. The monoisotopic (exact) mass is 296 g/mol. The van der Waals surface area contributed by atoms with Crippen LogP contribution in [0.4, 0.5) is 4.39 Å². The number of rotatable bonds is 3. The molecule has 0 heterocycles. The first-order chi connectivity index (χ1) is 8.97. The summed E-state index contributed by atoms with van der Waals surface area (Å²) in [5, 5.41) is 0.889. The predicted octanol–water partition coefficient (Wildman–Crippen LogP) is 5.79.